The molecular formula is C17H27IO. The Morgan fingerprint density at radius 3 is 2.79 bits per heavy atom. The first-order valence-electron chi connectivity index (χ1n) is 7.64. The highest BCUT2D eigenvalue weighted by atomic mass is 127. The molecule has 19 heavy (non-hydrogen) atoms. The molecule has 0 aliphatic heterocycles. The molecule has 108 valence electrons. The highest BCUT2D eigenvalue weighted by Gasteiger charge is 2.47. The summed E-state index contributed by atoms with van der Waals surface area (Å²) in [6.07, 6.45) is 14.8. The fourth-order valence-corrected chi connectivity index (χ4v) is 4.29. The maximum atomic E-state index is 11.3. The number of aliphatic hydroxyl groups is 1. The molecule has 0 aromatic heterocycles. The normalized spacial score (nSPS) is 34.1. The highest BCUT2D eigenvalue weighted by Crippen LogP contribution is 2.49. The average molecular weight is 374 g/mol. The van der Waals surface area contributed by atoms with Crippen LogP contribution in [0.25, 0.3) is 0 Å². The van der Waals surface area contributed by atoms with Crippen molar-refractivity contribution >= 4 is 22.6 Å². The van der Waals surface area contributed by atoms with Gasteiger partial charge >= 0.3 is 0 Å². The van der Waals surface area contributed by atoms with Gasteiger partial charge in [0.05, 0.1) is 5.60 Å². The lowest BCUT2D eigenvalue weighted by molar-refractivity contribution is -0.0762. The van der Waals surface area contributed by atoms with E-state index in [0.29, 0.717) is 5.92 Å². The second-order valence-electron chi connectivity index (χ2n) is 6.69. The molecule has 0 saturated heterocycles. The molecular weight excluding hydrogens is 347 g/mol. The van der Waals surface area contributed by atoms with Crippen molar-refractivity contribution in [2.45, 2.75) is 64.4 Å². The predicted molar refractivity (Wildman–Crippen MR) is 90.6 cm³/mol. The molecule has 1 nitrogen and oxygen atoms in total. The number of halogens is 1. The summed E-state index contributed by atoms with van der Waals surface area (Å²) in [6, 6.07) is 0. The van der Waals surface area contributed by atoms with Gasteiger partial charge in [-0.2, -0.15) is 0 Å². The van der Waals surface area contributed by atoms with Crippen molar-refractivity contribution in [2.75, 3.05) is 4.43 Å². The van der Waals surface area contributed by atoms with Gasteiger partial charge in [0, 0.05) is 9.84 Å². The minimum Gasteiger partial charge on any atom is -0.389 e. The number of allylic oxidation sites excluding steroid dienone is 3. The first-order valence-corrected chi connectivity index (χ1v) is 9.17. The number of hydrogen-bond donors (Lipinski definition) is 1. The summed E-state index contributed by atoms with van der Waals surface area (Å²) < 4.78 is 1.15. The van der Waals surface area contributed by atoms with Gasteiger partial charge in [0.15, 0.2) is 0 Å². The molecule has 0 aromatic carbocycles. The Morgan fingerprint density at radius 1 is 1.37 bits per heavy atom. The van der Waals surface area contributed by atoms with E-state index in [9.17, 15) is 5.11 Å². The molecule has 0 saturated carbocycles. The van der Waals surface area contributed by atoms with Crippen molar-refractivity contribution < 1.29 is 5.11 Å². The van der Waals surface area contributed by atoms with Crippen LogP contribution in [0.4, 0.5) is 0 Å². The van der Waals surface area contributed by atoms with Gasteiger partial charge < -0.3 is 5.11 Å². The molecule has 0 aromatic rings. The SMILES string of the molecule is CC1(C)C(CCI)=CCCC1(O)CC1C=CCCC1. The van der Waals surface area contributed by atoms with Gasteiger partial charge in [-0.1, -0.05) is 60.2 Å². The van der Waals surface area contributed by atoms with Gasteiger partial charge in [0.25, 0.3) is 0 Å². The molecule has 0 amide bonds. The highest BCUT2D eigenvalue weighted by molar-refractivity contribution is 14.1. The third kappa shape index (κ3) is 3.26. The fraction of sp³-hybridized carbons (Fsp3) is 0.765. The molecule has 2 aliphatic carbocycles. The molecule has 0 spiro atoms. The molecule has 0 heterocycles. The molecule has 0 fully saturated rings. The van der Waals surface area contributed by atoms with E-state index >= 15 is 0 Å². The largest absolute Gasteiger partial charge is 0.389 e. The molecule has 0 radical (unpaired) electrons. The fourth-order valence-electron chi connectivity index (χ4n) is 3.71. The Balaban J connectivity index is 2.15. The molecule has 0 bridgehead atoms. The lowest BCUT2D eigenvalue weighted by Gasteiger charge is -2.49. The van der Waals surface area contributed by atoms with Crippen LogP contribution in [0.3, 0.4) is 0 Å². The monoisotopic (exact) mass is 374 g/mol. The van der Waals surface area contributed by atoms with E-state index < -0.39 is 5.60 Å². The van der Waals surface area contributed by atoms with Crippen LogP contribution in [0.2, 0.25) is 0 Å². The van der Waals surface area contributed by atoms with Crippen LogP contribution < -0.4 is 0 Å². The van der Waals surface area contributed by atoms with Crippen molar-refractivity contribution in [1.82, 2.24) is 0 Å². The maximum absolute atomic E-state index is 11.3. The smallest absolute Gasteiger partial charge is 0.0743 e. The van der Waals surface area contributed by atoms with Crippen LogP contribution in [0.1, 0.15) is 58.8 Å². The quantitative estimate of drug-likeness (QED) is 0.416. The molecule has 2 rings (SSSR count). The van der Waals surface area contributed by atoms with Crippen LogP contribution in [0.5, 0.6) is 0 Å². The van der Waals surface area contributed by atoms with Crippen LogP contribution >= 0.6 is 22.6 Å². The standard InChI is InChI=1S/C17H27IO/c1-16(2)15(10-12-18)9-6-11-17(16,19)13-14-7-4-3-5-8-14/h4,7,9,14,19H,3,5-6,8,10-13H2,1-2H3. The van der Waals surface area contributed by atoms with Gasteiger partial charge in [-0.25, -0.2) is 0 Å². The van der Waals surface area contributed by atoms with Crippen molar-refractivity contribution in [3.8, 4) is 0 Å². The second kappa shape index (κ2) is 6.30. The summed E-state index contributed by atoms with van der Waals surface area (Å²) in [6.45, 7) is 4.49. The van der Waals surface area contributed by atoms with E-state index in [0.717, 1.165) is 30.1 Å². The number of rotatable bonds is 4. The van der Waals surface area contributed by atoms with Crippen molar-refractivity contribution in [2.24, 2.45) is 11.3 Å². The van der Waals surface area contributed by atoms with Gasteiger partial charge in [-0.15, -0.1) is 0 Å². The van der Waals surface area contributed by atoms with E-state index in [-0.39, 0.29) is 5.41 Å². The number of hydrogen-bond acceptors (Lipinski definition) is 1. The zero-order valence-electron chi connectivity index (χ0n) is 12.3. The van der Waals surface area contributed by atoms with E-state index in [1.54, 1.807) is 0 Å². The van der Waals surface area contributed by atoms with Crippen LogP contribution in [-0.2, 0) is 0 Å². The summed E-state index contributed by atoms with van der Waals surface area (Å²) in [5, 5.41) is 11.3. The lowest BCUT2D eigenvalue weighted by Crippen LogP contribution is -2.49. The maximum Gasteiger partial charge on any atom is 0.0743 e. The van der Waals surface area contributed by atoms with Crippen molar-refractivity contribution in [3.63, 3.8) is 0 Å². The molecule has 2 atom stereocenters. The predicted octanol–water partition coefficient (Wildman–Crippen LogP) is 5.04. The van der Waals surface area contributed by atoms with Gasteiger partial charge in [0.2, 0.25) is 0 Å². The minimum atomic E-state index is -0.519. The third-order valence-electron chi connectivity index (χ3n) is 5.23. The Morgan fingerprint density at radius 2 is 2.16 bits per heavy atom. The minimum absolute atomic E-state index is 0.0677. The van der Waals surface area contributed by atoms with Gasteiger partial charge in [-0.05, 0) is 50.9 Å². The summed E-state index contributed by atoms with van der Waals surface area (Å²) in [5.41, 5.74) is 0.882. The summed E-state index contributed by atoms with van der Waals surface area (Å²) in [5.74, 6) is 0.581. The zero-order valence-corrected chi connectivity index (χ0v) is 14.4. The third-order valence-corrected chi connectivity index (χ3v) is 5.77. The van der Waals surface area contributed by atoms with E-state index in [1.807, 2.05) is 0 Å². The first-order chi connectivity index (χ1) is 8.99. The Bertz CT molecular complexity index is 369. The summed E-state index contributed by atoms with van der Waals surface area (Å²) in [4.78, 5) is 0. The Kier molecular flexibility index (Phi) is 5.15. The van der Waals surface area contributed by atoms with Crippen molar-refractivity contribution in [1.29, 1.82) is 0 Å². The first kappa shape index (κ1) is 15.6. The topological polar surface area (TPSA) is 20.2 Å². The zero-order chi connectivity index (χ0) is 13.9. The van der Waals surface area contributed by atoms with E-state index in [2.05, 4.69) is 54.7 Å². The van der Waals surface area contributed by atoms with E-state index in [1.165, 1.54) is 24.8 Å². The Labute approximate surface area is 131 Å². The van der Waals surface area contributed by atoms with Crippen molar-refractivity contribution in [3.05, 3.63) is 23.8 Å². The van der Waals surface area contributed by atoms with Crippen LogP contribution in [0, 0.1) is 11.3 Å². The molecule has 2 aliphatic rings. The van der Waals surface area contributed by atoms with Crippen LogP contribution in [-0.4, -0.2) is 15.1 Å². The molecule has 2 unspecified atom stereocenters. The van der Waals surface area contributed by atoms with E-state index in [4.69, 9.17) is 0 Å². The summed E-state index contributed by atoms with van der Waals surface area (Å²) in [7, 11) is 0. The van der Waals surface area contributed by atoms with Gasteiger partial charge in [0.1, 0.15) is 0 Å². The average Bonchev–Trinajstić information content (AvgIpc) is 2.37. The lowest BCUT2D eigenvalue weighted by atomic mass is 9.60. The molecule has 2 heteroatoms. The number of alkyl halides is 1. The second-order valence-corrected chi connectivity index (χ2v) is 7.77. The van der Waals surface area contributed by atoms with Gasteiger partial charge in [-0.3, -0.25) is 0 Å². The van der Waals surface area contributed by atoms with Crippen LogP contribution in [0.15, 0.2) is 23.8 Å². The Hall–Kier alpha value is 0.170. The summed E-state index contributed by atoms with van der Waals surface area (Å²) >= 11 is 2.44. The molecule has 1 N–H and O–H groups in total.